The van der Waals surface area contributed by atoms with Crippen LogP contribution in [0, 0.1) is 12.8 Å². The number of benzene rings is 1. The van der Waals surface area contributed by atoms with E-state index in [0.29, 0.717) is 36.6 Å². The van der Waals surface area contributed by atoms with E-state index in [-0.39, 0.29) is 12.0 Å². The van der Waals surface area contributed by atoms with Crippen molar-refractivity contribution in [1.29, 1.82) is 0 Å². The van der Waals surface area contributed by atoms with E-state index >= 15 is 0 Å². The molecule has 3 heterocycles. The average Bonchev–Trinajstić information content (AvgIpc) is 3.29. The van der Waals surface area contributed by atoms with Crippen LogP contribution in [0.25, 0.3) is 22.6 Å². The molecule has 4 aromatic rings. The summed E-state index contributed by atoms with van der Waals surface area (Å²) in [5.74, 6) is 0.875. The van der Waals surface area contributed by atoms with Crippen molar-refractivity contribution in [1.82, 2.24) is 15.1 Å². The molecule has 2 atom stereocenters. The number of aryl methyl sites for hydroxylation is 1. The molecular weight excluding hydrogens is 456 g/mol. The van der Waals surface area contributed by atoms with Crippen LogP contribution in [0.2, 0.25) is 0 Å². The van der Waals surface area contributed by atoms with E-state index in [1.807, 2.05) is 49.4 Å². The smallest absolute Gasteiger partial charge is 0.306 e. The van der Waals surface area contributed by atoms with Crippen LogP contribution >= 0.6 is 0 Å². The van der Waals surface area contributed by atoms with Gasteiger partial charge in [-0.1, -0.05) is 35.5 Å². The third kappa shape index (κ3) is 5.38. The number of anilines is 1. The molecule has 0 radical (unpaired) electrons. The number of nitrogens with zero attached hydrogens (tertiary/aromatic N) is 3. The molecule has 8 heteroatoms. The molecule has 1 aromatic carbocycles. The van der Waals surface area contributed by atoms with E-state index in [2.05, 4.69) is 32.6 Å². The fourth-order valence-electron chi connectivity index (χ4n) is 4.57. The van der Waals surface area contributed by atoms with E-state index in [0.717, 1.165) is 41.0 Å². The molecule has 3 aromatic heterocycles. The zero-order chi connectivity index (χ0) is 24.9. The Labute approximate surface area is 209 Å². The van der Waals surface area contributed by atoms with Crippen LogP contribution in [-0.2, 0) is 11.3 Å². The van der Waals surface area contributed by atoms with Crippen LogP contribution in [0.1, 0.15) is 36.9 Å². The summed E-state index contributed by atoms with van der Waals surface area (Å²) in [6, 6.07) is 17.8. The van der Waals surface area contributed by atoms with Crippen LogP contribution in [0.5, 0.6) is 5.75 Å². The van der Waals surface area contributed by atoms with Gasteiger partial charge in [0.05, 0.1) is 23.9 Å². The summed E-state index contributed by atoms with van der Waals surface area (Å²) in [5, 5.41) is 16.8. The van der Waals surface area contributed by atoms with Crippen molar-refractivity contribution in [2.75, 3.05) is 5.32 Å². The Balaban J connectivity index is 1.26. The van der Waals surface area contributed by atoms with Gasteiger partial charge in [0, 0.05) is 18.3 Å². The highest BCUT2D eigenvalue weighted by atomic mass is 16.5. The van der Waals surface area contributed by atoms with Gasteiger partial charge in [-0.2, -0.15) is 0 Å². The molecule has 0 unspecified atom stereocenters. The summed E-state index contributed by atoms with van der Waals surface area (Å²) < 4.78 is 11.6. The highest BCUT2D eigenvalue weighted by Gasteiger charge is 2.28. The minimum Gasteiger partial charge on any atom is -0.489 e. The highest BCUT2D eigenvalue weighted by molar-refractivity contribution is 5.70. The predicted molar refractivity (Wildman–Crippen MR) is 135 cm³/mol. The van der Waals surface area contributed by atoms with Crippen molar-refractivity contribution in [3.8, 4) is 28.3 Å². The van der Waals surface area contributed by atoms with Crippen LogP contribution in [0.15, 0.2) is 71.5 Å². The number of hydrogen-bond acceptors (Lipinski definition) is 7. The first-order valence-corrected chi connectivity index (χ1v) is 12.1. The Morgan fingerprint density at radius 3 is 2.75 bits per heavy atom. The molecular formula is C28H28N4O4. The molecule has 1 fully saturated rings. The Morgan fingerprint density at radius 1 is 1.11 bits per heavy atom. The zero-order valence-electron chi connectivity index (χ0n) is 20.1. The van der Waals surface area contributed by atoms with E-state index in [9.17, 15) is 9.90 Å². The third-order valence-corrected chi connectivity index (χ3v) is 6.55. The van der Waals surface area contributed by atoms with Gasteiger partial charge in [0.25, 0.3) is 0 Å². The van der Waals surface area contributed by atoms with E-state index < -0.39 is 5.97 Å². The second-order valence-corrected chi connectivity index (χ2v) is 9.05. The predicted octanol–water partition coefficient (Wildman–Crippen LogP) is 5.74. The maximum absolute atomic E-state index is 11.3. The Hall–Kier alpha value is -4.20. The van der Waals surface area contributed by atoms with Gasteiger partial charge in [-0.25, -0.2) is 9.97 Å². The fourth-order valence-corrected chi connectivity index (χ4v) is 4.57. The third-order valence-electron chi connectivity index (χ3n) is 6.55. The molecule has 8 nitrogen and oxygen atoms in total. The first kappa shape index (κ1) is 23.5. The van der Waals surface area contributed by atoms with E-state index in [1.165, 1.54) is 0 Å². The van der Waals surface area contributed by atoms with Crippen molar-refractivity contribution in [2.45, 2.75) is 45.3 Å². The molecule has 5 rings (SSSR count). The van der Waals surface area contributed by atoms with Crippen LogP contribution in [-0.4, -0.2) is 32.3 Å². The molecule has 0 saturated heterocycles. The number of hydrogen-bond donors (Lipinski definition) is 2. The van der Waals surface area contributed by atoms with Gasteiger partial charge in [-0.3, -0.25) is 4.79 Å². The Kier molecular flexibility index (Phi) is 6.93. The molecule has 0 bridgehead atoms. The first-order chi connectivity index (χ1) is 17.6. The minimum absolute atomic E-state index is 0.112. The number of pyridine rings is 2. The van der Waals surface area contributed by atoms with Gasteiger partial charge >= 0.3 is 5.97 Å². The van der Waals surface area contributed by atoms with Crippen molar-refractivity contribution in [3.05, 3.63) is 78.2 Å². The molecule has 2 N–H and O–H groups in total. The van der Waals surface area contributed by atoms with Crippen LogP contribution in [0.4, 0.5) is 5.82 Å². The van der Waals surface area contributed by atoms with Gasteiger partial charge in [0.1, 0.15) is 17.3 Å². The quantitative estimate of drug-likeness (QED) is 0.326. The lowest BCUT2D eigenvalue weighted by molar-refractivity contribution is -0.143. The van der Waals surface area contributed by atoms with Gasteiger partial charge in [-0.05, 0) is 68.0 Å². The van der Waals surface area contributed by atoms with Gasteiger partial charge < -0.3 is 19.7 Å². The normalized spacial score (nSPS) is 17.5. The number of nitrogens with one attached hydrogen (secondary N) is 1. The lowest BCUT2D eigenvalue weighted by atomic mass is 9.87. The largest absolute Gasteiger partial charge is 0.489 e. The number of aliphatic carboxylic acids is 1. The van der Waals surface area contributed by atoms with Gasteiger partial charge in [0.2, 0.25) is 0 Å². The SMILES string of the molecule is Cc1noc(-c2ccc(O[C@H]3CCC[C@H](C(=O)O)C3)cn2)c1CNc1cc(-c2ccccc2)ccn1. The first-order valence-electron chi connectivity index (χ1n) is 12.1. The van der Waals surface area contributed by atoms with Crippen molar-refractivity contribution in [3.63, 3.8) is 0 Å². The lowest BCUT2D eigenvalue weighted by Gasteiger charge is -2.27. The number of carbonyl (C=O) groups is 1. The number of carboxylic acids is 1. The summed E-state index contributed by atoms with van der Waals surface area (Å²) in [6.45, 7) is 2.38. The zero-order valence-corrected chi connectivity index (χ0v) is 20.1. The second-order valence-electron chi connectivity index (χ2n) is 9.05. The fraction of sp³-hybridized carbons (Fsp3) is 0.286. The standard InChI is InChI=1S/C28H28N4O4/c1-18-24(17-31-26-15-20(12-13-29-26)19-6-3-2-4-7-19)27(36-32-18)25-11-10-23(16-30-25)35-22-9-5-8-21(14-22)28(33)34/h2-4,6-7,10-13,15-16,21-22H,5,8-9,14,17H2,1H3,(H,29,31)(H,33,34)/t21-,22-/m0/s1. The second kappa shape index (κ2) is 10.6. The monoisotopic (exact) mass is 484 g/mol. The maximum Gasteiger partial charge on any atom is 0.306 e. The number of ether oxygens (including phenoxy) is 1. The summed E-state index contributed by atoms with van der Waals surface area (Å²) in [5.41, 5.74) is 4.54. The van der Waals surface area contributed by atoms with Crippen LogP contribution < -0.4 is 10.1 Å². The average molecular weight is 485 g/mol. The van der Waals surface area contributed by atoms with Gasteiger partial charge in [0.15, 0.2) is 5.76 Å². The van der Waals surface area contributed by atoms with Crippen LogP contribution in [0.3, 0.4) is 0 Å². The van der Waals surface area contributed by atoms with E-state index in [1.54, 1.807) is 12.4 Å². The Morgan fingerprint density at radius 2 is 1.97 bits per heavy atom. The summed E-state index contributed by atoms with van der Waals surface area (Å²) in [6.07, 6.45) is 6.26. The number of rotatable bonds is 8. The molecule has 0 spiro atoms. The highest BCUT2D eigenvalue weighted by Crippen LogP contribution is 2.30. The molecule has 1 saturated carbocycles. The summed E-state index contributed by atoms with van der Waals surface area (Å²) in [4.78, 5) is 20.3. The maximum atomic E-state index is 11.3. The topological polar surface area (TPSA) is 110 Å². The van der Waals surface area contributed by atoms with Crippen molar-refractivity contribution >= 4 is 11.8 Å². The van der Waals surface area contributed by atoms with Gasteiger partial charge in [-0.15, -0.1) is 0 Å². The minimum atomic E-state index is -0.749. The van der Waals surface area contributed by atoms with Crippen molar-refractivity contribution < 1.29 is 19.2 Å². The number of carboxylic acid groups (broad SMARTS) is 1. The van der Waals surface area contributed by atoms with E-state index in [4.69, 9.17) is 9.26 Å². The molecule has 0 aliphatic heterocycles. The molecule has 1 aliphatic carbocycles. The summed E-state index contributed by atoms with van der Waals surface area (Å²) >= 11 is 0. The molecule has 184 valence electrons. The molecule has 1 aliphatic rings. The summed E-state index contributed by atoms with van der Waals surface area (Å²) in [7, 11) is 0. The van der Waals surface area contributed by atoms with Crippen molar-refractivity contribution in [2.24, 2.45) is 5.92 Å². The molecule has 0 amide bonds. The molecule has 36 heavy (non-hydrogen) atoms. The number of aromatic nitrogens is 3. The lowest BCUT2D eigenvalue weighted by Crippen LogP contribution is -2.29. The Bertz CT molecular complexity index is 1320.